The fraction of sp³-hybridized carbons (Fsp3) is 0.312. The molecule has 0 radical (unpaired) electrons. The van der Waals surface area contributed by atoms with Gasteiger partial charge in [0, 0.05) is 19.2 Å². The molecule has 0 spiro atoms. The van der Waals surface area contributed by atoms with E-state index in [0.717, 1.165) is 25.3 Å². The van der Waals surface area contributed by atoms with Crippen LogP contribution < -0.4 is 10.6 Å². The number of benzene rings is 1. The monoisotopic (exact) mass is 289 g/mol. The van der Waals surface area contributed by atoms with Crippen LogP contribution in [0.15, 0.2) is 30.3 Å². The van der Waals surface area contributed by atoms with Gasteiger partial charge in [-0.3, -0.25) is 0 Å². The predicted molar refractivity (Wildman–Crippen MR) is 79.6 cm³/mol. The summed E-state index contributed by atoms with van der Waals surface area (Å²) < 4.78 is 27.2. The van der Waals surface area contributed by atoms with Crippen LogP contribution in [0.25, 0.3) is 0 Å². The summed E-state index contributed by atoms with van der Waals surface area (Å²) in [6.45, 7) is 0. The molecule has 110 valence electrons. The van der Waals surface area contributed by atoms with Gasteiger partial charge in [-0.2, -0.15) is 0 Å². The van der Waals surface area contributed by atoms with Crippen molar-refractivity contribution in [1.29, 1.82) is 0 Å². The molecular weight excluding hydrogens is 272 g/mol. The van der Waals surface area contributed by atoms with E-state index in [1.165, 1.54) is 11.1 Å². The summed E-state index contributed by atoms with van der Waals surface area (Å²) in [6.07, 6.45) is 2.68. The zero-order valence-electron chi connectivity index (χ0n) is 11.8. The van der Waals surface area contributed by atoms with Gasteiger partial charge in [0.25, 0.3) is 0 Å². The minimum atomic E-state index is -0.686. The van der Waals surface area contributed by atoms with Crippen molar-refractivity contribution in [3.05, 3.63) is 53.1 Å². The molecule has 2 aromatic rings. The van der Waals surface area contributed by atoms with E-state index in [9.17, 15) is 8.78 Å². The first-order valence-corrected chi connectivity index (χ1v) is 7.04. The zero-order chi connectivity index (χ0) is 14.8. The highest BCUT2D eigenvalue weighted by Gasteiger charge is 2.20. The molecule has 0 aliphatic heterocycles. The van der Waals surface area contributed by atoms with E-state index in [2.05, 4.69) is 27.8 Å². The lowest BCUT2D eigenvalue weighted by Crippen LogP contribution is -2.28. The average molecular weight is 289 g/mol. The van der Waals surface area contributed by atoms with Crippen molar-refractivity contribution in [2.75, 3.05) is 17.7 Å². The number of aryl methyl sites for hydroxylation is 1. The summed E-state index contributed by atoms with van der Waals surface area (Å²) in [5.74, 6) is -1.19. The van der Waals surface area contributed by atoms with Crippen LogP contribution in [0.1, 0.15) is 17.5 Å². The summed E-state index contributed by atoms with van der Waals surface area (Å²) in [6, 6.07) is 9.23. The summed E-state index contributed by atoms with van der Waals surface area (Å²) in [5.41, 5.74) is 2.62. The maximum Gasteiger partial charge on any atom is 0.168 e. The number of fused-ring (bicyclic) bond motifs is 1. The third kappa shape index (κ3) is 2.82. The molecular formula is C16H17F2N3. The second kappa shape index (κ2) is 5.68. The molecule has 0 bridgehead atoms. The Morgan fingerprint density at radius 3 is 2.57 bits per heavy atom. The number of nitrogens with zero attached hydrogens (tertiary/aromatic N) is 1. The third-order valence-electron chi connectivity index (χ3n) is 3.85. The fourth-order valence-corrected chi connectivity index (χ4v) is 2.76. The van der Waals surface area contributed by atoms with Crippen LogP contribution in [0.3, 0.4) is 0 Å². The van der Waals surface area contributed by atoms with Gasteiger partial charge >= 0.3 is 0 Å². The second-order valence-corrected chi connectivity index (χ2v) is 5.25. The van der Waals surface area contributed by atoms with Crippen LogP contribution >= 0.6 is 0 Å². The second-order valence-electron chi connectivity index (χ2n) is 5.25. The molecule has 0 fully saturated rings. The lowest BCUT2D eigenvalue weighted by Gasteiger charge is -2.26. The number of pyridine rings is 1. The minimum absolute atomic E-state index is 0.0510. The maximum absolute atomic E-state index is 13.8. The summed E-state index contributed by atoms with van der Waals surface area (Å²) >= 11 is 0. The molecule has 3 rings (SSSR count). The molecule has 5 heteroatoms. The smallest absolute Gasteiger partial charge is 0.168 e. The number of hydrogen-bond acceptors (Lipinski definition) is 3. The fourth-order valence-electron chi connectivity index (χ4n) is 2.76. The highest BCUT2D eigenvalue weighted by molar-refractivity contribution is 5.48. The minimum Gasteiger partial charge on any atom is -0.371 e. The van der Waals surface area contributed by atoms with Crippen molar-refractivity contribution in [1.82, 2.24) is 4.98 Å². The molecule has 21 heavy (non-hydrogen) atoms. The Hall–Kier alpha value is -2.17. The summed E-state index contributed by atoms with van der Waals surface area (Å²) in [7, 11) is 1.56. The van der Waals surface area contributed by atoms with Crippen molar-refractivity contribution in [2.24, 2.45) is 0 Å². The molecule has 1 aromatic carbocycles. The topological polar surface area (TPSA) is 37.0 Å². The summed E-state index contributed by atoms with van der Waals surface area (Å²) in [5, 5.41) is 5.72. The van der Waals surface area contributed by atoms with Crippen LogP contribution in [0.5, 0.6) is 0 Å². The van der Waals surface area contributed by atoms with E-state index in [-0.39, 0.29) is 17.7 Å². The molecule has 0 saturated heterocycles. The first-order valence-electron chi connectivity index (χ1n) is 7.04. The van der Waals surface area contributed by atoms with Gasteiger partial charge in [0.15, 0.2) is 23.3 Å². The van der Waals surface area contributed by atoms with E-state index < -0.39 is 11.6 Å². The molecule has 1 aliphatic carbocycles. The van der Waals surface area contributed by atoms with Crippen LogP contribution in [0.2, 0.25) is 0 Å². The van der Waals surface area contributed by atoms with Crippen LogP contribution in [0, 0.1) is 11.6 Å². The number of rotatable bonds is 3. The molecule has 0 amide bonds. The van der Waals surface area contributed by atoms with Crippen molar-refractivity contribution in [3.63, 3.8) is 0 Å². The van der Waals surface area contributed by atoms with E-state index in [1.807, 2.05) is 12.1 Å². The highest BCUT2D eigenvalue weighted by Crippen LogP contribution is 2.25. The first kappa shape index (κ1) is 13.8. The van der Waals surface area contributed by atoms with Gasteiger partial charge < -0.3 is 10.6 Å². The van der Waals surface area contributed by atoms with Crippen molar-refractivity contribution in [2.45, 2.75) is 25.3 Å². The summed E-state index contributed by atoms with van der Waals surface area (Å²) in [4.78, 5) is 3.97. The zero-order valence-corrected chi connectivity index (χ0v) is 11.8. The van der Waals surface area contributed by atoms with Gasteiger partial charge in [0.05, 0.1) is 0 Å². The SMILES string of the molecule is CNc1nc(NC2CCc3ccccc3C2)c(F)cc1F. The first-order chi connectivity index (χ1) is 10.2. The lowest BCUT2D eigenvalue weighted by atomic mass is 9.88. The predicted octanol–water partition coefficient (Wildman–Crippen LogP) is 3.37. The molecule has 1 atom stereocenters. The van der Waals surface area contributed by atoms with Crippen LogP contribution in [0.4, 0.5) is 20.4 Å². The van der Waals surface area contributed by atoms with Gasteiger partial charge in [-0.25, -0.2) is 13.8 Å². The molecule has 0 saturated carbocycles. The van der Waals surface area contributed by atoms with E-state index in [1.54, 1.807) is 7.05 Å². The number of hydrogen-bond donors (Lipinski definition) is 2. The van der Waals surface area contributed by atoms with E-state index in [0.29, 0.717) is 0 Å². The lowest BCUT2D eigenvalue weighted by molar-refractivity contribution is 0.565. The molecule has 1 heterocycles. The van der Waals surface area contributed by atoms with Gasteiger partial charge in [0.2, 0.25) is 0 Å². The normalized spacial score (nSPS) is 17.2. The van der Waals surface area contributed by atoms with Gasteiger partial charge in [-0.15, -0.1) is 0 Å². The number of nitrogens with one attached hydrogen (secondary N) is 2. The molecule has 2 N–H and O–H groups in total. The third-order valence-corrected chi connectivity index (χ3v) is 3.85. The number of halogens is 2. The van der Waals surface area contributed by atoms with Crippen molar-refractivity contribution in [3.8, 4) is 0 Å². The van der Waals surface area contributed by atoms with Crippen LogP contribution in [-0.2, 0) is 12.8 Å². The average Bonchev–Trinajstić information content (AvgIpc) is 2.50. The highest BCUT2D eigenvalue weighted by atomic mass is 19.1. The Morgan fingerprint density at radius 1 is 1.10 bits per heavy atom. The van der Waals surface area contributed by atoms with Gasteiger partial charge in [0.1, 0.15) is 0 Å². The largest absolute Gasteiger partial charge is 0.371 e. The van der Waals surface area contributed by atoms with E-state index in [4.69, 9.17) is 0 Å². The van der Waals surface area contributed by atoms with Crippen molar-refractivity contribution < 1.29 is 8.78 Å². The maximum atomic E-state index is 13.8. The van der Waals surface area contributed by atoms with E-state index >= 15 is 0 Å². The Morgan fingerprint density at radius 2 is 1.81 bits per heavy atom. The number of aromatic nitrogens is 1. The quantitative estimate of drug-likeness (QED) is 0.909. The Labute approximate surface area is 122 Å². The number of anilines is 2. The molecule has 1 unspecified atom stereocenters. The van der Waals surface area contributed by atoms with Gasteiger partial charge in [-0.05, 0) is 30.4 Å². The molecule has 1 aliphatic rings. The molecule has 1 aromatic heterocycles. The Bertz CT molecular complexity index is 658. The van der Waals surface area contributed by atoms with Crippen LogP contribution in [-0.4, -0.2) is 18.1 Å². The molecule has 3 nitrogen and oxygen atoms in total. The Balaban J connectivity index is 1.79. The van der Waals surface area contributed by atoms with Gasteiger partial charge in [-0.1, -0.05) is 24.3 Å². The Kier molecular flexibility index (Phi) is 3.73. The standard InChI is InChI=1S/C16H17F2N3/c1-19-15-13(17)9-14(18)16(21-15)20-12-7-6-10-4-2-3-5-11(10)8-12/h2-5,9,12H,6-8H2,1H3,(H2,19,20,21). The van der Waals surface area contributed by atoms with Crippen molar-refractivity contribution >= 4 is 11.6 Å².